The van der Waals surface area contributed by atoms with Crippen LogP contribution in [0.25, 0.3) is 5.00 Å². The number of hydrogen-bond acceptors (Lipinski definition) is 8. The van der Waals surface area contributed by atoms with Gasteiger partial charge >= 0.3 is 5.97 Å². The van der Waals surface area contributed by atoms with Gasteiger partial charge in [0.25, 0.3) is 0 Å². The molecule has 47 heavy (non-hydrogen) atoms. The predicted octanol–water partition coefficient (Wildman–Crippen LogP) is 5.33. The normalized spacial score (nSPS) is 15.7. The summed E-state index contributed by atoms with van der Waals surface area (Å²) in [4.78, 5) is 36.3. The molecule has 0 unspecified atom stereocenters. The number of fused-ring (bicyclic) bond motifs is 3. The molecule has 4 heterocycles. The highest BCUT2D eigenvalue weighted by atomic mass is 35.5. The van der Waals surface area contributed by atoms with Crippen LogP contribution in [0.5, 0.6) is 0 Å². The molecule has 2 aromatic heterocycles. The van der Waals surface area contributed by atoms with Crippen LogP contribution in [-0.4, -0.2) is 75.1 Å². The lowest BCUT2D eigenvalue weighted by molar-refractivity contribution is -0.131. The Labute approximate surface area is 282 Å². The summed E-state index contributed by atoms with van der Waals surface area (Å²) < 4.78 is 2.05. The fourth-order valence-electron chi connectivity index (χ4n) is 6.00. The fraction of sp³-hybridized carbons (Fsp3) is 0.343. The second-order valence-corrected chi connectivity index (χ2v) is 13.3. The first-order valence-electron chi connectivity index (χ1n) is 15.6. The number of carboxylic acids is 1. The van der Waals surface area contributed by atoms with Gasteiger partial charge in [-0.1, -0.05) is 35.6 Å². The number of benzene rings is 2. The molecule has 2 aliphatic heterocycles. The molecule has 1 atom stereocenters. The van der Waals surface area contributed by atoms with E-state index < -0.39 is 12.0 Å². The summed E-state index contributed by atoms with van der Waals surface area (Å²) in [5, 5.41) is 20.4. The first-order chi connectivity index (χ1) is 22.7. The first kappa shape index (κ1) is 32.4. The average Bonchev–Trinajstić information content (AvgIpc) is 3.55. The number of amides is 1. The quantitative estimate of drug-likeness (QED) is 0.201. The molecular formula is C35H36ClN7O3S. The Kier molecular flexibility index (Phi) is 9.45. The van der Waals surface area contributed by atoms with Crippen molar-refractivity contribution in [2.24, 2.45) is 10.7 Å². The number of hydrogen-bond donors (Lipinski definition) is 2. The number of nitrogens with zero attached hydrogens (tertiary/aromatic N) is 6. The van der Waals surface area contributed by atoms with Gasteiger partial charge in [-0.3, -0.25) is 14.4 Å². The van der Waals surface area contributed by atoms with Gasteiger partial charge in [0.15, 0.2) is 5.82 Å². The van der Waals surface area contributed by atoms with Crippen LogP contribution in [0, 0.1) is 32.6 Å². The van der Waals surface area contributed by atoms with Crippen LogP contribution in [0.15, 0.2) is 47.5 Å². The zero-order valence-electron chi connectivity index (χ0n) is 26.6. The second kappa shape index (κ2) is 13.7. The minimum atomic E-state index is -1.02. The molecule has 0 spiro atoms. The molecule has 6 rings (SSSR count). The molecule has 1 amide bonds. The maximum atomic E-state index is 13.9. The van der Waals surface area contributed by atoms with Crippen molar-refractivity contribution in [3.05, 3.63) is 91.8 Å². The van der Waals surface area contributed by atoms with Gasteiger partial charge in [0, 0.05) is 64.9 Å². The highest BCUT2D eigenvalue weighted by Gasteiger charge is 2.34. The Bertz CT molecular complexity index is 1930. The number of carbonyl (C=O) groups excluding carboxylic acids is 1. The van der Waals surface area contributed by atoms with E-state index in [4.69, 9.17) is 22.3 Å². The van der Waals surface area contributed by atoms with Crippen LogP contribution < -0.4 is 10.6 Å². The highest BCUT2D eigenvalue weighted by molar-refractivity contribution is 7.15. The number of carboxylic acid groups (broad SMARTS) is 1. The summed E-state index contributed by atoms with van der Waals surface area (Å²) in [5.74, 6) is 6.33. The number of piperazine rings is 1. The zero-order valence-corrected chi connectivity index (χ0v) is 28.2. The molecule has 1 fully saturated rings. The Morgan fingerprint density at radius 2 is 1.81 bits per heavy atom. The molecular weight excluding hydrogens is 634 g/mol. The number of aliphatic imine (C=N–C) groups is 1. The van der Waals surface area contributed by atoms with Crippen molar-refractivity contribution in [3.63, 3.8) is 0 Å². The number of unbranched alkanes of at least 4 members (excludes halogenated alkanes) is 1. The van der Waals surface area contributed by atoms with Gasteiger partial charge in [-0.2, -0.15) is 0 Å². The largest absolute Gasteiger partial charge is 0.478 e. The highest BCUT2D eigenvalue weighted by Crippen LogP contribution is 2.40. The van der Waals surface area contributed by atoms with Crippen LogP contribution in [0.4, 0.5) is 5.69 Å². The molecule has 1 saturated heterocycles. The van der Waals surface area contributed by atoms with Crippen molar-refractivity contribution >= 4 is 46.2 Å². The van der Waals surface area contributed by atoms with Crippen molar-refractivity contribution in [2.45, 2.75) is 46.1 Å². The topological polar surface area (TPSA) is 130 Å². The molecule has 0 bridgehead atoms. The van der Waals surface area contributed by atoms with E-state index in [1.165, 1.54) is 4.88 Å². The maximum absolute atomic E-state index is 13.9. The number of carbonyl (C=O) groups is 2. The Morgan fingerprint density at radius 3 is 2.51 bits per heavy atom. The third-order valence-electron chi connectivity index (χ3n) is 8.69. The van der Waals surface area contributed by atoms with E-state index in [2.05, 4.69) is 45.4 Å². The van der Waals surface area contributed by atoms with Gasteiger partial charge < -0.3 is 20.6 Å². The van der Waals surface area contributed by atoms with E-state index in [9.17, 15) is 14.7 Å². The van der Waals surface area contributed by atoms with Crippen LogP contribution in [-0.2, 0) is 4.79 Å². The number of thiophene rings is 1. The molecule has 242 valence electrons. The molecule has 0 aliphatic carbocycles. The SMILES string of the molecule is Cc1sc2c(c1C)C(c1ccc(Cl)cc1)=N[C@@H](CC(=O)N1CCN(c3ccc(C#CCCCN)c(C(=O)O)c3)CC1)c1nnc(C)n1-2. The standard InChI is InChI=1S/C35H36ClN7O3S/c1-21-22(2)47-34-31(21)32(25-8-11-26(36)12-9-25)38-29(33-40-39-23(3)43(33)34)20-30(44)42-17-15-41(16-18-42)27-13-10-24(7-5-4-6-14-37)28(19-27)35(45)46/h8-13,19,29H,4,6,14-18,20,37H2,1-3H3,(H,45,46)/t29-/m0/s1. The molecule has 12 heteroatoms. The predicted molar refractivity (Wildman–Crippen MR) is 185 cm³/mol. The molecule has 0 saturated carbocycles. The minimum Gasteiger partial charge on any atom is -0.478 e. The Morgan fingerprint density at radius 1 is 1.06 bits per heavy atom. The Balaban J connectivity index is 1.23. The summed E-state index contributed by atoms with van der Waals surface area (Å²) in [5.41, 5.74) is 10.9. The number of halogens is 1. The van der Waals surface area contributed by atoms with E-state index in [1.54, 1.807) is 23.5 Å². The Hall–Kier alpha value is -4.50. The minimum absolute atomic E-state index is 0.0199. The summed E-state index contributed by atoms with van der Waals surface area (Å²) in [7, 11) is 0. The summed E-state index contributed by atoms with van der Waals surface area (Å²) >= 11 is 7.91. The first-order valence-corrected chi connectivity index (χ1v) is 16.8. The van der Waals surface area contributed by atoms with E-state index in [0.29, 0.717) is 55.6 Å². The van der Waals surface area contributed by atoms with Crippen LogP contribution in [0.3, 0.4) is 0 Å². The van der Waals surface area contributed by atoms with Gasteiger partial charge in [0.05, 0.1) is 17.7 Å². The molecule has 2 aromatic carbocycles. The fourth-order valence-corrected chi connectivity index (χ4v) is 7.34. The molecule has 0 radical (unpaired) electrons. The lowest BCUT2D eigenvalue weighted by Gasteiger charge is -2.36. The van der Waals surface area contributed by atoms with E-state index in [-0.39, 0.29) is 17.9 Å². The second-order valence-electron chi connectivity index (χ2n) is 11.7. The van der Waals surface area contributed by atoms with E-state index >= 15 is 0 Å². The lowest BCUT2D eigenvalue weighted by Crippen LogP contribution is -2.49. The van der Waals surface area contributed by atoms with E-state index in [1.807, 2.05) is 42.2 Å². The van der Waals surface area contributed by atoms with Gasteiger partial charge in [-0.15, -0.1) is 21.5 Å². The monoisotopic (exact) mass is 669 g/mol. The van der Waals surface area contributed by atoms with Gasteiger partial charge in [-0.05, 0) is 69.6 Å². The van der Waals surface area contributed by atoms with Gasteiger partial charge in [0.2, 0.25) is 5.91 Å². The van der Waals surface area contributed by atoms with Crippen LogP contribution >= 0.6 is 22.9 Å². The lowest BCUT2D eigenvalue weighted by atomic mass is 9.99. The van der Waals surface area contributed by atoms with Crippen molar-refractivity contribution < 1.29 is 14.7 Å². The third-order valence-corrected chi connectivity index (χ3v) is 10.1. The molecule has 10 nitrogen and oxygen atoms in total. The van der Waals surface area contributed by atoms with Crippen molar-refractivity contribution in [1.29, 1.82) is 0 Å². The van der Waals surface area contributed by atoms with Crippen LogP contribution in [0.1, 0.15) is 74.4 Å². The van der Waals surface area contributed by atoms with Crippen LogP contribution in [0.2, 0.25) is 5.02 Å². The smallest absolute Gasteiger partial charge is 0.337 e. The van der Waals surface area contributed by atoms with Gasteiger partial charge in [-0.25, -0.2) is 4.79 Å². The maximum Gasteiger partial charge on any atom is 0.337 e. The van der Waals surface area contributed by atoms with Gasteiger partial charge in [0.1, 0.15) is 16.9 Å². The number of nitrogens with two attached hydrogens (primary N) is 1. The van der Waals surface area contributed by atoms with E-state index in [0.717, 1.165) is 45.3 Å². The number of rotatable bonds is 7. The number of aromatic nitrogens is 3. The number of aromatic carboxylic acids is 1. The molecule has 3 N–H and O–H groups in total. The van der Waals surface area contributed by atoms with Crippen molar-refractivity contribution in [1.82, 2.24) is 19.7 Å². The summed E-state index contributed by atoms with van der Waals surface area (Å²) in [6, 6.07) is 12.4. The number of anilines is 1. The van der Waals surface area contributed by atoms with Crippen molar-refractivity contribution in [3.8, 4) is 16.8 Å². The molecule has 4 aromatic rings. The third kappa shape index (κ3) is 6.54. The number of aryl methyl sites for hydroxylation is 2. The zero-order chi connectivity index (χ0) is 33.2. The summed E-state index contributed by atoms with van der Waals surface area (Å²) in [6.45, 7) is 8.81. The average molecular weight is 670 g/mol. The molecule has 2 aliphatic rings. The van der Waals surface area contributed by atoms with Crippen molar-refractivity contribution in [2.75, 3.05) is 37.6 Å². The summed E-state index contributed by atoms with van der Waals surface area (Å²) in [6.07, 6.45) is 1.53.